The van der Waals surface area contributed by atoms with Gasteiger partial charge in [-0.2, -0.15) is 0 Å². The summed E-state index contributed by atoms with van der Waals surface area (Å²) >= 11 is 5.66. The molecule has 5 nitrogen and oxygen atoms in total. The van der Waals surface area contributed by atoms with E-state index in [9.17, 15) is 17.6 Å². The summed E-state index contributed by atoms with van der Waals surface area (Å²) < 4.78 is 40.6. The van der Waals surface area contributed by atoms with Crippen molar-refractivity contribution in [1.82, 2.24) is 4.72 Å². The molecule has 8 heteroatoms. The lowest BCUT2D eigenvalue weighted by Gasteiger charge is -2.12. The molecule has 1 atom stereocenters. The lowest BCUT2D eigenvalue weighted by molar-refractivity contribution is 0.102. The van der Waals surface area contributed by atoms with Crippen LogP contribution in [0.1, 0.15) is 30.6 Å². The van der Waals surface area contributed by atoms with Gasteiger partial charge in [0.25, 0.3) is 5.91 Å². The average molecular weight is 385 g/mol. The summed E-state index contributed by atoms with van der Waals surface area (Å²) in [6.45, 7) is 3.64. The van der Waals surface area contributed by atoms with Gasteiger partial charge < -0.3 is 5.32 Å². The minimum atomic E-state index is -3.64. The molecule has 134 valence electrons. The van der Waals surface area contributed by atoms with E-state index in [0.717, 1.165) is 6.07 Å². The van der Waals surface area contributed by atoms with Crippen molar-refractivity contribution in [2.75, 3.05) is 5.32 Å². The zero-order valence-electron chi connectivity index (χ0n) is 13.7. The van der Waals surface area contributed by atoms with Crippen LogP contribution < -0.4 is 10.0 Å². The molecule has 2 N–H and O–H groups in total. The molecule has 25 heavy (non-hydrogen) atoms. The van der Waals surface area contributed by atoms with E-state index in [4.69, 9.17) is 11.6 Å². The van der Waals surface area contributed by atoms with Crippen LogP contribution >= 0.6 is 11.6 Å². The SMILES string of the molecule is CCC(C)NS(=O)(=O)c1ccc(C(=O)Nc2ccc(Cl)cc2F)cc1. The van der Waals surface area contributed by atoms with Crippen LogP contribution in [-0.4, -0.2) is 20.4 Å². The molecule has 0 aliphatic heterocycles. The van der Waals surface area contributed by atoms with Gasteiger partial charge in [-0.1, -0.05) is 18.5 Å². The Morgan fingerprint density at radius 1 is 1.20 bits per heavy atom. The molecule has 0 heterocycles. The molecule has 2 aromatic rings. The van der Waals surface area contributed by atoms with Gasteiger partial charge in [0.1, 0.15) is 5.82 Å². The highest BCUT2D eigenvalue weighted by atomic mass is 35.5. The number of amides is 1. The zero-order valence-corrected chi connectivity index (χ0v) is 15.3. The van der Waals surface area contributed by atoms with Crippen molar-refractivity contribution in [2.45, 2.75) is 31.2 Å². The molecule has 0 saturated carbocycles. The molecule has 2 rings (SSSR count). The zero-order chi connectivity index (χ0) is 18.6. The Bertz CT molecular complexity index is 870. The molecule has 0 radical (unpaired) electrons. The highest BCUT2D eigenvalue weighted by molar-refractivity contribution is 7.89. The van der Waals surface area contributed by atoms with Crippen LogP contribution in [0, 0.1) is 5.82 Å². The van der Waals surface area contributed by atoms with E-state index in [1.165, 1.54) is 36.4 Å². The Labute approximate surface area is 151 Å². The maximum atomic E-state index is 13.7. The summed E-state index contributed by atoms with van der Waals surface area (Å²) in [5, 5.41) is 2.64. The number of carbonyl (C=O) groups excluding carboxylic acids is 1. The van der Waals surface area contributed by atoms with Crippen LogP contribution in [0.5, 0.6) is 0 Å². The van der Waals surface area contributed by atoms with Gasteiger partial charge in [-0.15, -0.1) is 0 Å². The summed E-state index contributed by atoms with van der Waals surface area (Å²) in [7, 11) is -3.64. The number of carbonyl (C=O) groups is 1. The molecular formula is C17H18ClFN2O3S. The van der Waals surface area contributed by atoms with Gasteiger partial charge in [-0.3, -0.25) is 4.79 Å². The molecule has 0 bridgehead atoms. The third-order valence-electron chi connectivity index (χ3n) is 3.57. The summed E-state index contributed by atoms with van der Waals surface area (Å²) in [5.74, 6) is -1.21. The largest absolute Gasteiger partial charge is 0.319 e. The Morgan fingerprint density at radius 2 is 1.84 bits per heavy atom. The first-order chi connectivity index (χ1) is 11.7. The van der Waals surface area contributed by atoms with Crippen molar-refractivity contribution in [1.29, 1.82) is 0 Å². The number of nitrogens with one attached hydrogen (secondary N) is 2. The van der Waals surface area contributed by atoms with Gasteiger partial charge in [-0.25, -0.2) is 17.5 Å². The number of hydrogen-bond acceptors (Lipinski definition) is 3. The first-order valence-corrected chi connectivity index (χ1v) is 9.48. The summed E-state index contributed by atoms with van der Waals surface area (Å²) in [4.78, 5) is 12.2. The fourth-order valence-electron chi connectivity index (χ4n) is 1.99. The molecular weight excluding hydrogens is 367 g/mol. The second-order valence-electron chi connectivity index (χ2n) is 5.53. The van der Waals surface area contributed by atoms with Gasteiger partial charge in [0.2, 0.25) is 10.0 Å². The van der Waals surface area contributed by atoms with Crippen LogP contribution in [0.15, 0.2) is 47.4 Å². The maximum absolute atomic E-state index is 13.7. The highest BCUT2D eigenvalue weighted by Crippen LogP contribution is 2.20. The van der Waals surface area contributed by atoms with Gasteiger partial charge in [0.15, 0.2) is 0 Å². The molecule has 1 amide bonds. The van der Waals surface area contributed by atoms with Crippen molar-refractivity contribution in [3.05, 3.63) is 58.9 Å². The lowest BCUT2D eigenvalue weighted by atomic mass is 10.2. The average Bonchev–Trinajstić information content (AvgIpc) is 2.57. The first-order valence-electron chi connectivity index (χ1n) is 7.61. The first kappa shape index (κ1) is 19.4. The second kappa shape index (κ2) is 7.95. The van der Waals surface area contributed by atoms with Crippen LogP contribution in [-0.2, 0) is 10.0 Å². The Balaban J connectivity index is 2.15. The van der Waals surface area contributed by atoms with Crippen LogP contribution in [0.25, 0.3) is 0 Å². The monoisotopic (exact) mass is 384 g/mol. The Hall–Kier alpha value is -1.96. The standard InChI is InChI=1S/C17H18ClFN2O3S/c1-3-11(2)21-25(23,24)14-7-4-12(5-8-14)17(22)20-16-9-6-13(18)10-15(16)19/h4-11,21H,3H2,1-2H3,(H,20,22). The van der Waals surface area contributed by atoms with Crippen molar-refractivity contribution >= 4 is 33.2 Å². The second-order valence-corrected chi connectivity index (χ2v) is 7.68. The van der Waals surface area contributed by atoms with E-state index < -0.39 is 21.7 Å². The predicted molar refractivity (Wildman–Crippen MR) is 95.9 cm³/mol. The van der Waals surface area contributed by atoms with Crippen molar-refractivity contribution < 1.29 is 17.6 Å². The molecule has 2 aromatic carbocycles. The van der Waals surface area contributed by atoms with E-state index in [1.54, 1.807) is 6.92 Å². The number of hydrogen-bond donors (Lipinski definition) is 2. The summed E-state index contributed by atoms with van der Waals surface area (Å²) in [5.41, 5.74) is 0.196. The number of halogens is 2. The number of rotatable bonds is 6. The fourth-order valence-corrected chi connectivity index (χ4v) is 3.47. The lowest BCUT2D eigenvalue weighted by Crippen LogP contribution is -2.32. The molecule has 0 aliphatic carbocycles. The minimum Gasteiger partial charge on any atom is -0.319 e. The molecule has 1 unspecified atom stereocenters. The van der Waals surface area contributed by atoms with Crippen LogP contribution in [0.2, 0.25) is 5.02 Å². The predicted octanol–water partition coefficient (Wildman–Crippen LogP) is 3.81. The van der Waals surface area contributed by atoms with Gasteiger partial charge in [-0.05, 0) is 55.8 Å². The smallest absolute Gasteiger partial charge is 0.255 e. The van der Waals surface area contributed by atoms with E-state index in [2.05, 4.69) is 10.0 Å². The quantitative estimate of drug-likeness (QED) is 0.795. The molecule has 0 saturated heterocycles. The normalized spacial score (nSPS) is 12.6. The van der Waals surface area contributed by atoms with E-state index in [0.29, 0.717) is 6.42 Å². The molecule has 0 aromatic heterocycles. The molecule has 0 aliphatic rings. The van der Waals surface area contributed by atoms with Crippen molar-refractivity contribution in [3.8, 4) is 0 Å². The van der Waals surface area contributed by atoms with E-state index in [-0.39, 0.29) is 27.2 Å². The number of benzene rings is 2. The van der Waals surface area contributed by atoms with Gasteiger partial charge in [0, 0.05) is 16.6 Å². The van der Waals surface area contributed by atoms with E-state index >= 15 is 0 Å². The van der Waals surface area contributed by atoms with Crippen LogP contribution in [0.3, 0.4) is 0 Å². The molecule has 0 spiro atoms. The third kappa shape index (κ3) is 5.01. The highest BCUT2D eigenvalue weighted by Gasteiger charge is 2.17. The number of anilines is 1. The molecule has 0 fully saturated rings. The van der Waals surface area contributed by atoms with Crippen LogP contribution in [0.4, 0.5) is 10.1 Å². The fraction of sp³-hybridized carbons (Fsp3) is 0.235. The Kier molecular flexibility index (Phi) is 6.16. The van der Waals surface area contributed by atoms with E-state index in [1.807, 2.05) is 6.92 Å². The topological polar surface area (TPSA) is 75.3 Å². The Morgan fingerprint density at radius 3 is 2.40 bits per heavy atom. The minimum absolute atomic E-state index is 0.00969. The van der Waals surface area contributed by atoms with Crippen molar-refractivity contribution in [3.63, 3.8) is 0 Å². The summed E-state index contributed by atoms with van der Waals surface area (Å²) in [6, 6.07) is 9.10. The van der Waals surface area contributed by atoms with Gasteiger partial charge in [0.05, 0.1) is 10.6 Å². The van der Waals surface area contributed by atoms with Crippen molar-refractivity contribution in [2.24, 2.45) is 0 Å². The third-order valence-corrected chi connectivity index (χ3v) is 5.42. The maximum Gasteiger partial charge on any atom is 0.255 e. The summed E-state index contributed by atoms with van der Waals surface area (Å²) in [6.07, 6.45) is 0.659. The van der Waals surface area contributed by atoms with Gasteiger partial charge >= 0.3 is 0 Å². The number of sulfonamides is 1.